The third-order valence-corrected chi connectivity index (χ3v) is 12.4. The summed E-state index contributed by atoms with van der Waals surface area (Å²) in [6.45, 7) is 10.4. The summed E-state index contributed by atoms with van der Waals surface area (Å²) in [5.74, 6) is 0.598. The van der Waals surface area contributed by atoms with Gasteiger partial charge in [-0.15, -0.1) is 0 Å². The zero-order valence-corrected chi connectivity index (χ0v) is 32.3. The molecule has 266 valence electrons. The molecule has 0 unspecified atom stereocenters. The summed E-state index contributed by atoms with van der Waals surface area (Å²) in [5.41, 5.74) is 7.72. The predicted octanol–water partition coefficient (Wildman–Crippen LogP) is 9.84. The van der Waals surface area contributed by atoms with Crippen molar-refractivity contribution in [3.63, 3.8) is 0 Å². The monoisotopic (exact) mass is 724 g/mol. The lowest BCUT2D eigenvalue weighted by atomic mass is 9.14. The highest BCUT2D eigenvalue weighted by Crippen LogP contribution is 2.47. The first-order valence-corrected chi connectivity index (χ1v) is 20.2. The molecule has 1 aromatic heterocycles. The van der Waals surface area contributed by atoms with Crippen LogP contribution in [0, 0.1) is 0 Å². The zero-order chi connectivity index (χ0) is 36.5. The first-order valence-electron chi connectivity index (χ1n) is 18.6. The molecule has 0 aliphatic carbocycles. The number of aromatic hydroxyl groups is 2. The lowest BCUT2D eigenvalue weighted by molar-refractivity contribution is -0.665. The van der Waals surface area contributed by atoms with Gasteiger partial charge in [0.25, 0.3) is 5.01 Å². The number of hydrogen-bond acceptors (Lipinski definition) is 5. The number of nitrogens with zero attached hydrogens (tertiary/aromatic N) is 2. The van der Waals surface area contributed by atoms with Crippen LogP contribution in [0.2, 0.25) is 6.32 Å². The number of anilines is 1. The Bertz CT molecular complexity index is 2050. The number of phenols is 2. The van der Waals surface area contributed by atoms with E-state index < -0.39 is 6.15 Å². The Kier molecular flexibility index (Phi) is 12.3. The lowest BCUT2D eigenvalue weighted by Crippen LogP contribution is -2.66. The molecule has 0 amide bonds. The molecule has 0 fully saturated rings. The second kappa shape index (κ2) is 17.2. The average molecular weight is 725 g/mol. The van der Waals surface area contributed by atoms with E-state index in [1.165, 1.54) is 60.8 Å². The summed E-state index contributed by atoms with van der Waals surface area (Å²) >= 11 is 3.49. The van der Waals surface area contributed by atoms with E-state index in [1.807, 2.05) is 24.3 Å². The summed E-state index contributed by atoms with van der Waals surface area (Å²) in [6.07, 6.45) is 8.17. The van der Waals surface area contributed by atoms with E-state index >= 15 is 0 Å². The standard InChI is InChI=1S/C23H24N2O2S2.C22H24B/c1-4-15(11-22-24(5-2)18-13-16(26)7-9-20(18)28-22)12-23-25(6-3)19-14-17(27)8-10-21(19)29-23;1-2-3-19-23(20-13-7-4-8-14-20,21-15-9-5-10-16-21)22-17-11-6-12-18-22/h7-14H,4-6H2,1-3H3,(H-,26,27);4-18H,2-3,19H2,1H3/q;-1/p+1. The van der Waals surface area contributed by atoms with Crippen molar-refractivity contribution in [3.05, 3.63) is 149 Å². The fourth-order valence-corrected chi connectivity index (χ4v) is 9.91. The molecule has 1 aliphatic rings. The SMILES string of the molecule is CCC(/C=C1\Sc2ccc(O)cc2N1CC)=C\c1sc2ccc(O)cc2[n+]1CC.CCCC[B-](c1ccccc1)(c1ccccc1)c1ccccc1. The van der Waals surface area contributed by atoms with Crippen molar-refractivity contribution < 1.29 is 14.8 Å². The maximum Gasteiger partial charge on any atom is 0.263 e. The minimum Gasteiger partial charge on any atom is -0.508 e. The van der Waals surface area contributed by atoms with Gasteiger partial charge in [0.1, 0.15) is 22.7 Å². The minimum absolute atomic E-state index is 0.299. The fraction of sp³-hybridized carbons (Fsp3) is 0.222. The van der Waals surface area contributed by atoms with E-state index in [4.69, 9.17) is 0 Å². The van der Waals surface area contributed by atoms with Gasteiger partial charge in [-0.1, -0.05) is 141 Å². The molecule has 0 saturated carbocycles. The summed E-state index contributed by atoms with van der Waals surface area (Å²) in [5, 5.41) is 22.1. The predicted molar refractivity (Wildman–Crippen MR) is 226 cm³/mol. The molecule has 4 nitrogen and oxygen atoms in total. The van der Waals surface area contributed by atoms with Crippen LogP contribution in [0.15, 0.2) is 149 Å². The smallest absolute Gasteiger partial charge is 0.263 e. The number of hydrogen-bond donors (Lipinski definition) is 2. The molecule has 0 saturated heterocycles. The second-order valence-electron chi connectivity index (χ2n) is 13.3. The number of unbranched alkanes of at least 4 members (excludes halogenated alkanes) is 1. The third-order valence-electron chi connectivity index (χ3n) is 10.2. The van der Waals surface area contributed by atoms with E-state index in [1.54, 1.807) is 35.2 Å². The molecule has 0 atom stereocenters. The highest BCUT2D eigenvalue weighted by atomic mass is 32.2. The Labute approximate surface area is 317 Å². The van der Waals surface area contributed by atoms with E-state index in [-0.39, 0.29) is 0 Å². The first-order chi connectivity index (χ1) is 25.4. The number of fused-ring (bicyclic) bond motifs is 2. The van der Waals surface area contributed by atoms with Crippen LogP contribution < -0.4 is 25.9 Å². The molecule has 5 aromatic carbocycles. The van der Waals surface area contributed by atoms with Gasteiger partial charge in [-0.25, -0.2) is 0 Å². The van der Waals surface area contributed by atoms with Crippen LogP contribution >= 0.6 is 23.1 Å². The zero-order valence-electron chi connectivity index (χ0n) is 30.7. The molecule has 2 N–H and O–H groups in total. The molecular formula is C45H49BN2O2S2. The van der Waals surface area contributed by atoms with E-state index in [0.717, 1.165) is 30.7 Å². The quantitative estimate of drug-likeness (QED) is 0.103. The molecule has 0 bridgehead atoms. The number of aromatic nitrogens is 1. The van der Waals surface area contributed by atoms with Crippen molar-refractivity contribution in [2.24, 2.45) is 0 Å². The molecule has 1 aliphatic heterocycles. The van der Waals surface area contributed by atoms with Crippen LogP contribution in [0.5, 0.6) is 11.5 Å². The first kappa shape index (κ1) is 37.1. The van der Waals surface area contributed by atoms with Gasteiger partial charge in [-0.3, -0.25) is 0 Å². The van der Waals surface area contributed by atoms with Crippen molar-refractivity contribution in [2.45, 2.75) is 64.7 Å². The lowest BCUT2D eigenvalue weighted by Gasteiger charge is -2.43. The second-order valence-corrected chi connectivity index (χ2v) is 15.4. The maximum atomic E-state index is 9.88. The number of aryl methyl sites for hydroxylation is 1. The molecule has 7 rings (SSSR count). The summed E-state index contributed by atoms with van der Waals surface area (Å²) in [7, 11) is 0. The molecule has 2 heterocycles. The van der Waals surface area contributed by atoms with E-state index in [2.05, 4.69) is 140 Å². The average Bonchev–Trinajstić information content (AvgIpc) is 3.71. The Morgan fingerprint density at radius 2 is 1.31 bits per heavy atom. The summed E-state index contributed by atoms with van der Waals surface area (Å²) in [4.78, 5) is 3.42. The van der Waals surface area contributed by atoms with Gasteiger partial charge in [-0.2, -0.15) is 27.3 Å². The molecule has 0 radical (unpaired) electrons. The van der Waals surface area contributed by atoms with E-state index in [9.17, 15) is 10.2 Å². The molecule has 6 aromatic rings. The van der Waals surface area contributed by atoms with Crippen LogP contribution in [0.4, 0.5) is 5.69 Å². The molecule has 7 heteroatoms. The minimum atomic E-state index is -0.913. The van der Waals surface area contributed by atoms with Gasteiger partial charge in [0.05, 0.1) is 22.9 Å². The molecule has 0 spiro atoms. The highest BCUT2D eigenvalue weighted by molar-refractivity contribution is 8.03. The van der Waals surface area contributed by atoms with Crippen LogP contribution in [-0.4, -0.2) is 22.9 Å². The van der Waals surface area contributed by atoms with Gasteiger partial charge >= 0.3 is 0 Å². The number of thioether (sulfide) groups is 1. The van der Waals surface area contributed by atoms with Gasteiger partial charge in [0.15, 0.2) is 0 Å². The van der Waals surface area contributed by atoms with Gasteiger partial charge < -0.3 is 15.1 Å². The molecular weight excluding hydrogens is 675 g/mol. The van der Waals surface area contributed by atoms with Crippen molar-refractivity contribution >= 4 is 67.6 Å². The Morgan fingerprint density at radius 1 is 0.731 bits per heavy atom. The van der Waals surface area contributed by atoms with Gasteiger partial charge in [0.2, 0.25) is 5.52 Å². The Morgan fingerprint density at radius 3 is 1.85 bits per heavy atom. The van der Waals surface area contributed by atoms with Crippen LogP contribution in [-0.2, 0) is 6.54 Å². The Hall–Kier alpha value is -4.72. The van der Waals surface area contributed by atoms with Gasteiger partial charge in [-0.05, 0) is 56.2 Å². The Balaban J connectivity index is 0.000000183. The van der Waals surface area contributed by atoms with E-state index in [0.29, 0.717) is 11.5 Å². The topological polar surface area (TPSA) is 47.6 Å². The number of phenolic OH excluding ortho intramolecular Hbond substituents is 2. The van der Waals surface area contributed by atoms with Gasteiger partial charge in [0, 0.05) is 23.6 Å². The highest BCUT2D eigenvalue weighted by Gasteiger charge is 2.29. The van der Waals surface area contributed by atoms with Crippen LogP contribution in [0.1, 0.15) is 52.0 Å². The summed E-state index contributed by atoms with van der Waals surface area (Å²) in [6, 6.07) is 44.3. The van der Waals surface area contributed by atoms with Crippen molar-refractivity contribution in [2.75, 3.05) is 11.4 Å². The molecule has 52 heavy (non-hydrogen) atoms. The fourth-order valence-electron chi connectivity index (χ4n) is 7.54. The largest absolute Gasteiger partial charge is 0.508 e. The van der Waals surface area contributed by atoms with Crippen molar-refractivity contribution in [1.82, 2.24) is 0 Å². The van der Waals surface area contributed by atoms with Crippen molar-refractivity contribution in [1.29, 1.82) is 0 Å². The maximum absolute atomic E-state index is 9.88. The number of benzene rings is 5. The summed E-state index contributed by atoms with van der Waals surface area (Å²) < 4.78 is 3.42. The number of thiazole rings is 1. The normalized spacial score (nSPS) is 13.7. The number of rotatable bonds is 11. The van der Waals surface area contributed by atoms with Crippen LogP contribution in [0.25, 0.3) is 16.3 Å². The van der Waals surface area contributed by atoms with Crippen molar-refractivity contribution in [3.8, 4) is 11.5 Å². The van der Waals surface area contributed by atoms with Crippen LogP contribution in [0.3, 0.4) is 0 Å². The number of allylic oxidation sites excluding steroid dienone is 2. The third kappa shape index (κ3) is 7.86.